The van der Waals surface area contributed by atoms with Crippen molar-refractivity contribution < 1.29 is 52.7 Å². The molecule has 1 amide bonds. The van der Waals surface area contributed by atoms with Gasteiger partial charge in [-0.15, -0.1) is 0 Å². The number of amides is 1. The number of nitrogens with zero attached hydrogens (tertiary/aromatic N) is 5. The van der Waals surface area contributed by atoms with Gasteiger partial charge in [0.05, 0.1) is 43.2 Å². The first-order valence-corrected chi connectivity index (χ1v) is 21.3. The summed E-state index contributed by atoms with van der Waals surface area (Å²) in [7, 11) is 6.84. The molecule has 13 atom stereocenters. The Morgan fingerprint density at radius 1 is 1.00 bits per heavy atom. The Kier molecular flexibility index (Phi) is 13.6. The number of aliphatic hydroxyl groups excluding tert-OH is 1. The number of Topliss-reactive ketones (excluding diaryl/α,β-unsaturated/α-hetero) is 2. The zero-order chi connectivity index (χ0) is 44.0. The number of methoxy groups -OCH3 is 2. The molecular weight excluding hydrogens is 775 g/mol. The number of hydrogen-bond acceptors (Lipinski definition) is 15. The molecule has 0 aromatic carbocycles. The van der Waals surface area contributed by atoms with Crippen molar-refractivity contribution >= 4 is 34.7 Å². The lowest BCUT2D eigenvalue weighted by atomic mass is 9.73. The van der Waals surface area contributed by atoms with Gasteiger partial charge in [-0.2, -0.15) is 0 Å². The van der Waals surface area contributed by atoms with Gasteiger partial charge in [-0.25, -0.2) is 14.8 Å². The summed E-state index contributed by atoms with van der Waals surface area (Å²) < 4.78 is 37.1. The molecule has 0 spiro atoms. The van der Waals surface area contributed by atoms with Crippen LogP contribution in [0.1, 0.15) is 80.2 Å². The number of rotatable bonds is 9. The molecule has 60 heavy (non-hydrogen) atoms. The number of ether oxygens (including phenoxy) is 6. The summed E-state index contributed by atoms with van der Waals surface area (Å²) in [4.78, 5) is 72.1. The van der Waals surface area contributed by atoms with Crippen LogP contribution in [-0.4, -0.2) is 155 Å². The summed E-state index contributed by atoms with van der Waals surface area (Å²) in [5.74, 6) is -4.42. The van der Waals surface area contributed by atoms with E-state index in [2.05, 4.69) is 14.9 Å². The largest absolute Gasteiger partial charge is 0.495 e. The quantitative estimate of drug-likeness (QED) is 0.283. The minimum atomic E-state index is -1.43. The molecule has 0 aliphatic carbocycles. The molecule has 4 aliphatic rings. The molecule has 1 N–H and O–H groups in total. The SMILES string of the molecule is CC[C@H]1OC(=O)[C@H](C)C(=O)[C@H](C)[C@@H](O[C@@H]2O[C@H](C)C[C@H](N(C)C)[C@H]2O)[C@](C)(OC)C[C@@H](C)C(=O)[C@H](C)[C@H]2N(C3CN(Cc4c(OC)cnc5ncccc45)C3)C(=O)O[C@]12C. The van der Waals surface area contributed by atoms with Crippen molar-refractivity contribution in [3.63, 3.8) is 0 Å². The van der Waals surface area contributed by atoms with Crippen LogP contribution in [0.5, 0.6) is 5.75 Å². The standard InChI is InChI=1S/C44H65N5O11/c1-13-33-44(8)37(49(42(54)60-44)28-20-48(21-28)22-30-29-15-14-16-45-39(29)46-19-32(30)55-11)25(4)34(50)23(2)18-43(7,56-12)38(26(5)35(51)27(6)40(53)58-33)59-41-36(52)31(47(9)10)17-24(3)57-41/h14-16,19,23-28,31,33,36-38,41,52H,13,17-18,20-22H2,1-12H3/t23-,24-,25+,26+,27-,31+,33-,36-,37-,38-,41+,43-,44-/m1/s1. The van der Waals surface area contributed by atoms with Crippen LogP contribution in [0.2, 0.25) is 0 Å². The van der Waals surface area contributed by atoms with Crippen LogP contribution in [0.3, 0.4) is 0 Å². The Morgan fingerprint density at radius 2 is 1.70 bits per heavy atom. The summed E-state index contributed by atoms with van der Waals surface area (Å²) in [5.41, 5.74) is -1.19. The average Bonchev–Trinajstić information content (AvgIpc) is 3.48. The maximum atomic E-state index is 14.9. The van der Waals surface area contributed by atoms with E-state index < -0.39 is 83.4 Å². The van der Waals surface area contributed by atoms with Gasteiger partial charge in [0.2, 0.25) is 0 Å². The summed E-state index contributed by atoms with van der Waals surface area (Å²) in [6, 6.07) is 2.37. The minimum Gasteiger partial charge on any atom is -0.495 e. The number of aromatic nitrogens is 2. The van der Waals surface area contributed by atoms with Gasteiger partial charge in [0.25, 0.3) is 0 Å². The molecule has 332 valence electrons. The summed E-state index contributed by atoms with van der Waals surface area (Å²) in [5, 5.41) is 12.3. The first-order chi connectivity index (χ1) is 28.3. The molecule has 0 bridgehead atoms. The molecule has 16 nitrogen and oxygen atoms in total. The molecule has 0 unspecified atom stereocenters. The predicted molar refractivity (Wildman–Crippen MR) is 220 cm³/mol. The van der Waals surface area contributed by atoms with Crippen LogP contribution >= 0.6 is 0 Å². The number of carbonyl (C=O) groups excluding carboxylic acids is 4. The van der Waals surface area contributed by atoms with Gasteiger partial charge in [0, 0.05) is 67.7 Å². The number of esters is 1. The molecule has 4 fully saturated rings. The molecule has 0 saturated carbocycles. The van der Waals surface area contributed by atoms with Crippen molar-refractivity contribution in [1.82, 2.24) is 24.7 Å². The van der Waals surface area contributed by atoms with Crippen LogP contribution < -0.4 is 4.74 Å². The number of carbonyl (C=O) groups is 4. The van der Waals surface area contributed by atoms with Crippen LogP contribution in [0.15, 0.2) is 24.5 Å². The monoisotopic (exact) mass is 839 g/mol. The Morgan fingerprint density at radius 3 is 2.33 bits per heavy atom. The molecule has 2 aromatic rings. The van der Waals surface area contributed by atoms with Crippen molar-refractivity contribution in [2.45, 2.75) is 141 Å². The van der Waals surface area contributed by atoms with Crippen molar-refractivity contribution in [3.05, 3.63) is 30.1 Å². The van der Waals surface area contributed by atoms with Crippen molar-refractivity contribution in [2.75, 3.05) is 41.4 Å². The minimum absolute atomic E-state index is 0.118. The smallest absolute Gasteiger partial charge is 0.411 e. The highest BCUT2D eigenvalue weighted by molar-refractivity contribution is 6.00. The number of ketones is 2. The second kappa shape index (κ2) is 17.9. The second-order valence-electron chi connectivity index (χ2n) is 18.1. The Bertz CT molecular complexity index is 1910. The lowest BCUT2D eigenvalue weighted by Gasteiger charge is -2.49. The number of aliphatic hydroxyl groups is 1. The van der Waals surface area contributed by atoms with Gasteiger partial charge >= 0.3 is 12.1 Å². The zero-order valence-electron chi connectivity index (χ0n) is 37.2. The van der Waals surface area contributed by atoms with E-state index in [0.29, 0.717) is 37.5 Å². The topological polar surface area (TPSA) is 179 Å². The molecule has 4 saturated heterocycles. The van der Waals surface area contributed by atoms with Gasteiger partial charge in [0.1, 0.15) is 29.7 Å². The molecule has 16 heteroatoms. The molecule has 0 radical (unpaired) electrons. The molecular formula is C44H65N5O11. The normalized spacial score (nSPS) is 37.7. The number of pyridine rings is 2. The van der Waals surface area contributed by atoms with Crippen molar-refractivity contribution in [2.24, 2.45) is 23.7 Å². The van der Waals surface area contributed by atoms with Crippen LogP contribution in [0.4, 0.5) is 4.79 Å². The maximum Gasteiger partial charge on any atom is 0.411 e. The number of likely N-dealkylation sites (tertiary alicyclic amines) is 1. The lowest BCUT2D eigenvalue weighted by molar-refractivity contribution is -0.295. The lowest BCUT2D eigenvalue weighted by Crippen LogP contribution is -2.65. The van der Waals surface area contributed by atoms with E-state index in [4.69, 9.17) is 28.4 Å². The van der Waals surface area contributed by atoms with Gasteiger partial charge in [-0.05, 0) is 73.2 Å². The third kappa shape index (κ3) is 8.39. The fourth-order valence-electron chi connectivity index (χ4n) is 10.3. The fraction of sp³-hybridized carbons (Fsp3) is 0.727. The van der Waals surface area contributed by atoms with Gasteiger partial charge in [0.15, 0.2) is 23.3 Å². The number of fused-ring (bicyclic) bond motifs is 2. The van der Waals surface area contributed by atoms with E-state index in [1.54, 1.807) is 52.1 Å². The highest BCUT2D eigenvalue weighted by Gasteiger charge is 2.62. The van der Waals surface area contributed by atoms with Gasteiger partial charge < -0.3 is 38.4 Å². The highest BCUT2D eigenvalue weighted by atomic mass is 16.7. The highest BCUT2D eigenvalue weighted by Crippen LogP contribution is 2.45. The van der Waals surface area contributed by atoms with E-state index in [1.165, 1.54) is 14.0 Å². The van der Waals surface area contributed by atoms with E-state index >= 15 is 0 Å². The van der Waals surface area contributed by atoms with Gasteiger partial charge in [-0.1, -0.05) is 27.7 Å². The number of cyclic esters (lactones) is 1. The van der Waals surface area contributed by atoms with Crippen LogP contribution in [0, 0.1) is 23.7 Å². The second-order valence-corrected chi connectivity index (χ2v) is 18.1. The summed E-state index contributed by atoms with van der Waals surface area (Å²) in [6.07, 6.45) is -0.802. The Balaban J connectivity index is 1.33. The predicted octanol–water partition coefficient (Wildman–Crippen LogP) is 4.03. The van der Waals surface area contributed by atoms with E-state index in [0.717, 1.165) is 10.9 Å². The molecule has 4 aliphatic heterocycles. The van der Waals surface area contributed by atoms with E-state index in [1.807, 2.05) is 51.9 Å². The first-order valence-electron chi connectivity index (χ1n) is 21.3. The van der Waals surface area contributed by atoms with Crippen LogP contribution in [-0.2, 0) is 44.6 Å². The van der Waals surface area contributed by atoms with Crippen molar-refractivity contribution in [1.29, 1.82) is 0 Å². The number of hydrogen-bond donors (Lipinski definition) is 1. The fourth-order valence-corrected chi connectivity index (χ4v) is 10.3. The maximum absolute atomic E-state index is 14.9. The Hall–Kier alpha value is -3.80. The zero-order valence-corrected chi connectivity index (χ0v) is 37.2. The third-order valence-electron chi connectivity index (χ3n) is 13.7. The third-order valence-corrected chi connectivity index (χ3v) is 13.7. The molecule has 2 aromatic heterocycles. The van der Waals surface area contributed by atoms with Crippen molar-refractivity contribution in [3.8, 4) is 5.75 Å². The summed E-state index contributed by atoms with van der Waals surface area (Å²) >= 11 is 0. The van der Waals surface area contributed by atoms with E-state index in [-0.39, 0.29) is 36.8 Å². The number of likely N-dealkylation sites (N-methyl/N-ethyl adjacent to an activating group) is 1. The summed E-state index contributed by atoms with van der Waals surface area (Å²) in [6.45, 7) is 15.5. The molecule has 6 rings (SSSR count). The van der Waals surface area contributed by atoms with E-state index in [9.17, 15) is 24.3 Å². The van der Waals surface area contributed by atoms with Gasteiger partial charge in [-0.3, -0.25) is 24.2 Å². The Labute approximate surface area is 353 Å². The average molecular weight is 840 g/mol. The first kappa shape index (κ1) is 45.7. The van der Waals surface area contributed by atoms with Crippen LogP contribution in [0.25, 0.3) is 11.0 Å². The molecule has 6 heterocycles.